The molecule has 1 saturated carbocycles. The minimum Gasteiger partial charge on any atom is -0.205 e. The Morgan fingerprint density at radius 1 is 1.00 bits per heavy atom. The van der Waals surface area contributed by atoms with Crippen molar-refractivity contribution in [3.63, 3.8) is 0 Å². The van der Waals surface area contributed by atoms with Crippen LogP contribution < -0.4 is 0 Å². The third kappa shape index (κ3) is 3.79. The molecule has 0 heterocycles. The molecule has 1 aliphatic carbocycles. The summed E-state index contributed by atoms with van der Waals surface area (Å²) in [5.74, 6) is -0.314. The van der Waals surface area contributed by atoms with Gasteiger partial charge >= 0.3 is 0 Å². The van der Waals surface area contributed by atoms with Crippen molar-refractivity contribution < 1.29 is 8.78 Å². The summed E-state index contributed by atoms with van der Waals surface area (Å²) >= 11 is 0. The van der Waals surface area contributed by atoms with E-state index in [1.807, 2.05) is 18.2 Å². The Morgan fingerprint density at radius 3 is 2.12 bits per heavy atom. The van der Waals surface area contributed by atoms with Gasteiger partial charge in [0, 0.05) is 0 Å². The first-order chi connectivity index (χ1) is 12.1. The van der Waals surface area contributed by atoms with Crippen LogP contribution in [0, 0.1) is 28.9 Å². The van der Waals surface area contributed by atoms with Gasteiger partial charge in [-0.25, -0.2) is 8.78 Å². The van der Waals surface area contributed by atoms with Gasteiger partial charge in [0.05, 0.1) is 0 Å². The lowest BCUT2D eigenvalue weighted by Crippen LogP contribution is -2.12. The van der Waals surface area contributed by atoms with Gasteiger partial charge in [-0.3, -0.25) is 0 Å². The van der Waals surface area contributed by atoms with Gasteiger partial charge in [-0.15, -0.1) is 6.58 Å². The molecule has 0 N–H and O–H groups in total. The molecule has 0 spiro atoms. The summed E-state index contributed by atoms with van der Waals surface area (Å²) < 4.78 is 27.6. The van der Waals surface area contributed by atoms with Gasteiger partial charge in [-0.1, -0.05) is 30.3 Å². The molecule has 2 aromatic rings. The summed E-state index contributed by atoms with van der Waals surface area (Å²) in [4.78, 5) is 0. The summed E-state index contributed by atoms with van der Waals surface area (Å²) in [7, 11) is 0. The van der Waals surface area contributed by atoms with Crippen LogP contribution >= 0.6 is 0 Å². The predicted molar refractivity (Wildman–Crippen MR) is 96.0 cm³/mol. The van der Waals surface area contributed by atoms with Crippen LogP contribution in [0.4, 0.5) is 8.78 Å². The predicted octanol–water partition coefficient (Wildman–Crippen LogP) is 6.35. The van der Waals surface area contributed by atoms with E-state index in [0.717, 1.165) is 17.9 Å². The lowest BCUT2D eigenvalue weighted by molar-refractivity contribution is 0.328. The first-order valence-corrected chi connectivity index (χ1v) is 8.72. The number of rotatable bonds is 4. The molecule has 0 aromatic heterocycles. The van der Waals surface area contributed by atoms with Gasteiger partial charge in [0.2, 0.25) is 0 Å². The standard InChI is InChI=1S/C22H21F2N/c1-2-3-15-4-6-16(7-5-15)17-8-10-18(11-9-17)19-12-21(23)20(14-25)22(24)13-19/h2,8-13,15-16H,1,3-7H2. The summed E-state index contributed by atoms with van der Waals surface area (Å²) in [6.45, 7) is 3.82. The third-order valence-electron chi connectivity index (χ3n) is 5.22. The molecule has 25 heavy (non-hydrogen) atoms. The van der Waals surface area contributed by atoms with Gasteiger partial charge < -0.3 is 0 Å². The third-order valence-corrected chi connectivity index (χ3v) is 5.22. The van der Waals surface area contributed by atoms with Crippen LogP contribution in [0.1, 0.15) is 49.1 Å². The van der Waals surface area contributed by atoms with Crippen LogP contribution in [0.5, 0.6) is 0 Å². The van der Waals surface area contributed by atoms with Crippen molar-refractivity contribution in [3.8, 4) is 17.2 Å². The number of nitrogens with zero attached hydrogens (tertiary/aromatic N) is 1. The quantitative estimate of drug-likeness (QED) is 0.596. The zero-order valence-corrected chi connectivity index (χ0v) is 14.1. The van der Waals surface area contributed by atoms with Crippen LogP contribution in [0.2, 0.25) is 0 Å². The first-order valence-electron chi connectivity index (χ1n) is 8.72. The van der Waals surface area contributed by atoms with Crippen molar-refractivity contribution in [3.05, 3.63) is 71.8 Å². The zero-order valence-electron chi connectivity index (χ0n) is 14.1. The fraction of sp³-hybridized carbons (Fsp3) is 0.318. The normalized spacial score (nSPS) is 20.0. The average Bonchev–Trinajstić information content (AvgIpc) is 2.62. The van der Waals surface area contributed by atoms with E-state index in [0.29, 0.717) is 11.5 Å². The monoisotopic (exact) mass is 337 g/mol. The summed E-state index contributed by atoms with van der Waals surface area (Å²) in [6, 6.07) is 11.9. The first kappa shape index (κ1) is 17.4. The Morgan fingerprint density at radius 2 is 1.60 bits per heavy atom. The Bertz CT molecular complexity index is 771. The molecule has 3 heteroatoms. The molecular formula is C22H21F2N. The lowest BCUT2D eigenvalue weighted by atomic mass is 9.77. The number of hydrogen-bond acceptors (Lipinski definition) is 1. The molecule has 1 fully saturated rings. The number of allylic oxidation sites excluding steroid dienone is 1. The molecule has 3 rings (SSSR count). The summed E-state index contributed by atoms with van der Waals surface area (Å²) in [6.07, 6.45) is 7.92. The van der Waals surface area contributed by atoms with Crippen molar-refractivity contribution in [2.45, 2.75) is 38.0 Å². The van der Waals surface area contributed by atoms with Gasteiger partial charge in [-0.2, -0.15) is 5.26 Å². The SMILES string of the molecule is C=CCC1CCC(c2ccc(-c3cc(F)c(C#N)c(F)c3)cc2)CC1. The highest BCUT2D eigenvalue weighted by Crippen LogP contribution is 2.37. The van der Waals surface area contributed by atoms with Crippen LogP contribution in [0.15, 0.2) is 49.1 Å². The number of halogens is 2. The van der Waals surface area contributed by atoms with Gasteiger partial charge in [0.25, 0.3) is 0 Å². The molecular weight excluding hydrogens is 316 g/mol. The van der Waals surface area contributed by atoms with Crippen molar-refractivity contribution in [2.24, 2.45) is 5.92 Å². The fourth-order valence-electron chi connectivity index (χ4n) is 3.76. The molecule has 0 saturated heterocycles. The minimum atomic E-state index is -0.817. The van der Waals surface area contributed by atoms with Gasteiger partial charge in [0.1, 0.15) is 23.3 Å². The lowest BCUT2D eigenvalue weighted by Gasteiger charge is -2.28. The molecule has 0 bridgehead atoms. The average molecular weight is 337 g/mol. The highest BCUT2D eigenvalue weighted by Gasteiger charge is 2.21. The number of nitriles is 1. The van der Waals surface area contributed by atoms with E-state index in [9.17, 15) is 8.78 Å². The second-order valence-electron chi connectivity index (χ2n) is 6.79. The van der Waals surface area contributed by atoms with Crippen LogP contribution in [0.25, 0.3) is 11.1 Å². The molecule has 0 aliphatic heterocycles. The minimum absolute atomic E-state index is 0.454. The van der Waals surface area contributed by atoms with Crippen molar-refractivity contribution in [1.82, 2.24) is 0 Å². The second kappa shape index (κ2) is 7.61. The van der Waals surface area contributed by atoms with E-state index < -0.39 is 17.2 Å². The van der Waals surface area contributed by atoms with E-state index >= 15 is 0 Å². The van der Waals surface area contributed by atoms with Crippen molar-refractivity contribution in [2.75, 3.05) is 0 Å². The van der Waals surface area contributed by atoms with Crippen LogP contribution in [-0.2, 0) is 0 Å². The molecule has 1 aliphatic rings. The summed E-state index contributed by atoms with van der Waals surface area (Å²) in [5, 5.41) is 8.76. The van der Waals surface area contributed by atoms with Crippen molar-refractivity contribution >= 4 is 0 Å². The largest absolute Gasteiger partial charge is 0.205 e. The molecule has 0 unspecified atom stereocenters. The van der Waals surface area contributed by atoms with Crippen LogP contribution in [-0.4, -0.2) is 0 Å². The van der Waals surface area contributed by atoms with E-state index in [1.165, 1.54) is 43.4 Å². The maximum Gasteiger partial charge on any atom is 0.144 e. The molecule has 128 valence electrons. The molecule has 0 amide bonds. The van der Waals surface area contributed by atoms with E-state index in [1.54, 1.807) is 6.07 Å². The van der Waals surface area contributed by atoms with E-state index in [2.05, 4.69) is 18.7 Å². The van der Waals surface area contributed by atoms with E-state index in [4.69, 9.17) is 5.26 Å². The number of benzene rings is 2. The summed E-state index contributed by atoms with van der Waals surface area (Å²) in [5.41, 5.74) is 1.97. The Balaban J connectivity index is 1.75. The highest BCUT2D eigenvalue weighted by atomic mass is 19.1. The Kier molecular flexibility index (Phi) is 5.28. The topological polar surface area (TPSA) is 23.8 Å². The zero-order chi connectivity index (χ0) is 17.8. The van der Waals surface area contributed by atoms with Gasteiger partial charge in [-0.05, 0) is 72.8 Å². The second-order valence-corrected chi connectivity index (χ2v) is 6.79. The van der Waals surface area contributed by atoms with E-state index in [-0.39, 0.29) is 0 Å². The smallest absolute Gasteiger partial charge is 0.144 e. The number of hydrogen-bond donors (Lipinski definition) is 0. The van der Waals surface area contributed by atoms with Crippen molar-refractivity contribution in [1.29, 1.82) is 5.26 Å². The highest BCUT2D eigenvalue weighted by molar-refractivity contribution is 5.65. The van der Waals surface area contributed by atoms with Gasteiger partial charge in [0.15, 0.2) is 0 Å². The molecule has 0 radical (unpaired) electrons. The molecule has 2 aromatic carbocycles. The Labute approximate surface area is 147 Å². The maximum absolute atomic E-state index is 13.8. The molecule has 1 nitrogen and oxygen atoms in total. The maximum atomic E-state index is 13.8. The fourth-order valence-corrected chi connectivity index (χ4v) is 3.76. The molecule has 0 atom stereocenters. The Hall–Kier alpha value is -2.47. The van der Waals surface area contributed by atoms with Crippen LogP contribution in [0.3, 0.4) is 0 Å².